The number of rotatable bonds is 10. The molecule has 1 amide bonds. The highest BCUT2D eigenvalue weighted by atomic mass is 35.7. The number of hydrogen-bond acceptors (Lipinski definition) is 9. The summed E-state index contributed by atoms with van der Waals surface area (Å²) >= 11 is 6.35. The van der Waals surface area contributed by atoms with Crippen molar-refractivity contribution in [2.45, 2.75) is 30.1 Å². The lowest BCUT2D eigenvalue weighted by Gasteiger charge is -2.52. The molecule has 4 aromatic carbocycles. The van der Waals surface area contributed by atoms with Gasteiger partial charge in [-0.3, -0.25) is 19.3 Å². The molecule has 0 aromatic heterocycles. The van der Waals surface area contributed by atoms with Crippen LogP contribution in [0.25, 0.3) is 0 Å². The first-order chi connectivity index (χ1) is 24.8. The van der Waals surface area contributed by atoms with Crippen molar-refractivity contribution in [3.63, 3.8) is 0 Å². The summed E-state index contributed by atoms with van der Waals surface area (Å²) in [6, 6.07) is 39.6. The molecule has 262 valence electrons. The van der Waals surface area contributed by atoms with Crippen LogP contribution in [0, 0.1) is 0 Å². The number of carbonyl (C=O) groups excluding carboxylic acids is 1. The van der Waals surface area contributed by atoms with E-state index in [1.807, 2.05) is 77.7 Å². The van der Waals surface area contributed by atoms with Crippen molar-refractivity contribution in [1.82, 2.24) is 19.8 Å². The van der Waals surface area contributed by atoms with Crippen LogP contribution >= 0.6 is 18.1 Å². The molecule has 0 radical (unpaired) electrons. The first kappa shape index (κ1) is 34.9. The van der Waals surface area contributed by atoms with Gasteiger partial charge in [-0.2, -0.15) is 0 Å². The molecule has 13 heteroatoms. The summed E-state index contributed by atoms with van der Waals surface area (Å²) in [6.07, 6.45) is 1.50. The topological polar surface area (TPSA) is 111 Å². The first-order valence-corrected chi connectivity index (χ1v) is 19.2. The van der Waals surface area contributed by atoms with Crippen LogP contribution in [0.5, 0.6) is 0 Å². The molecule has 0 spiro atoms. The fraction of sp³-hybridized carbons (Fsp3) is 0.263. The SMILES string of the molecule is CN(C)P(=O)(Cl)OC[C@@H]1CN(C(c2ccccc2)(c2ccccc2)c2ccccc2)C[C@H](N2C=NC3C(NC(=O)c4ccccc4)=NC=NC32)O1. The Labute approximate surface area is 302 Å². The molecule has 0 aliphatic carbocycles. The van der Waals surface area contributed by atoms with Gasteiger partial charge in [-0.1, -0.05) is 109 Å². The third-order valence-corrected chi connectivity index (χ3v) is 12.0. The molecule has 0 bridgehead atoms. The number of hydrogen-bond donors (Lipinski definition) is 1. The van der Waals surface area contributed by atoms with Crippen molar-refractivity contribution >= 4 is 42.5 Å². The van der Waals surface area contributed by atoms with Gasteiger partial charge >= 0.3 is 6.87 Å². The van der Waals surface area contributed by atoms with E-state index in [2.05, 4.69) is 51.6 Å². The lowest BCUT2D eigenvalue weighted by molar-refractivity contribution is -0.160. The molecule has 0 saturated carbocycles. The fourth-order valence-corrected chi connectivity index (χ4v) is 7.67. The van der Waals surface area contributed by atoms with Gasteiger partial charge in [0.15, 0.2) is 12.2 Å². The number of aliphatic imine (C=N–C) groups is 3. The zero-order valence-corrected chi connectivity index (χ0v) is 29.9. The van der Waals surface area contributed by atoms with Gasteiger partial charge in [-0.15, -0.1) is 0 Å². The second kappa shape index (κ2) is 15.0. The molecule has 5 atom stereocenters. The lowest BCUT2D eigenvalue weighted by Crippen LogP contribution is -2.63. The minimum atomic E-state index is -3.59. The van der Waals surface area contributed by atoms with E-state index < -0.39 is 37.0 Å². The predicted octanol–water partition coefficient (Wildman–Crippen LogP) is 5.84. The Morgan fingerprint density at radius 3 is 1.98 bits per heavy atom. The van der Waals surface area contributed by atoms with Crippen LogP contribution in [0.15, 0.2) is 136 Å². The van der Waals surface area contributed by atoms with Crippen molar-refractivity contribution < 1.29 is 18.6 Å². The molecule has 4 aromatic rings. The zero-order valence-electron chi connectivity index (χ0n) is 28.3. The van der Waals surface area contributed by atoms with E-state index in [9.17, 15) is 9.36 Å². The smallest absolute Gasteiger partial charge is 0.350 e. The Kier molecular flexibility index (Phi) is 10.3. The van der Waals surface area contributed by atoms with Crippen LogP contribution in [-0.4, -0.2) is 97.2 Å². The largest absolute Gasteiger partial charge is 0.362 e. The van der Waals surface area contributed by atoms with Gasteiger partial charge in [0.25, 0.3) is 5.91 Å². The number of fused-ring (bicyclic) bond motifs is 1. The Balaban J connectivity index is 1.27. The molecule has 3 aliphatic heterocycles. The number of nitrogens with one attached hydrogen (secondary N) is 1. The normalized spacial score (nSPS) is 23.1. The maximum Gasteiger partial charge on any atom is 0.362 e. The van der Waals surface area contributed by atoms with Crippen LogP contribution in [-0.2, 0) is 19.4 Å². The summed E-state index contributed by atoms with van der Waals surface area (Å²) in [5.41, 5.74) is 2.96. The highest BCUT2D eigenvalue weighted by Gasteiger charge is 2.49. The number of nitrogens with zero attached hydrogens (tertiary/aromatic N) is 6. The highest BCUT2D eigenvalue weighted by Crippen LogP contribution is 2.54. The van der Waals surface area contributed by atoms with Crippen LogP contribution < -0.4 is 5.32 Å². The molecular formula is C38H39ClN7O4P. The second-order valence-corrected chi connectivity index (χ2v) is 15.9. The van der Waals surface area contributed by atoms with Gasteiger partial charge in [0, 0.05) is 18.7 Å². The molecule has 3 aliphatic rings. The summed E-state index contributed by atoms with van der Waals surface area (Å²) in [4.78, 5) is 31.3. The van der Waals surface area contributed by atoms with Gasteiger partial charge in [-0.05, 0) is 54.2 Å². The molecule has 51 heavy (non-hydrogen) atoms. The summed E-state index contributed by atoms with van der Waals surface area (Å²) in [5.74, 6) is 0.121. The van der Waals surface area contributed by atoms with Gasteiger partial charge in [0.2, 0.25) is 0 Å². The standard InChI is InChI=1S/C38H39ClN7O4P/c1-44(2)51(39,48)49-25-32-23-45(38(29-17-9-4-10-18-29,30-19-11-5-12-20-30)31-21-13-6-14-22-31)24-33(50-32)46-27-42-34-35(40-26-41-36(34)46)43-37(47)28-15-7-3-8-16-28/h3-22,26-27,32-34,36H,23-25H2,1-2H3,(H,40,41,43,47)/t32-,33+,34?,36?,51?/m0/s1. The number of carbonyl (C=O) groups is 1. The van der Waals surface area contributed by atoms with Gasteiger partial charge < -0.3 is 19.5 Å². The van der Waals surface area contributed by atoms with E-state index in [0.29, 0.717) is 24.5 Å². The van der Waals surface area contributed by atoms with Gasteiger partial charge in [0.05, 0.1) is 24.6 Å². The number of ether oxygens (including phenoxy) is 1. The number of amidine groups is 1. The monoisotopic (exact) mass is 723 g/mol. The van der Waals surface area contributed by atoms with Crippen molar-refractivity contribution in [1.29, 1.82) is 0 Å². The van der Waals surface area contributed by atoms with E-state index in [0.717, 1.165) is 16.7 Å². The van der Waals surface area contributed by atoms with Crippen LogP contribution in [0.1, 0.15) is 27.0 Å². The molecule has 11 nitrogen and oxygen atoms in total. The summed E-state index contributed by atoms with van der Waals surface area (Å²) in [5, 5.41) is 2.94. The fourth-order valence-electron chi connectivity index (χ4n) is 6.92. The predicted molar refractivity (Wildman–Crippen MR) is 200 cm³/mol. The first-order valence-electron chi connectivity index (χ1n) is 16.7. The maximum atomic E-state index is 13.2. The zero-order chi connectivity index (χ0) is 35.4. The summed E-state index contributed by atoms with van der Waals surface area (Å²) < 4.78 is 27.2. The number of halogens is 1. The van der Waals surface area contributed by atoms with E-state index in [-0.39, 0.29) is 12.5 Å². The number of morpholine rings is 1. The molecule has 1 fully saturated rings. The quantitative estimate of drug-likeness (QED) is 0.162. The third-order valence-electron chi connectivity index (χ3n) is 9.35. The van der Waals surface area contributed by atoms with E-state index in [4.69, 9.17) is 30.5 Å². The van der Waals surface area contributed by atoms with Crippen molar-refractivity contribution in [2.24, 2.45) is 15.0 Å². The number of amides is 1. The van der Waals surface area contributed by atoms with E-state index in [1.54, 1.807) is 32.6 Å². The van der Waals surface area contributed by atoms with Crippen LogP contribution in [0.3, 0.4) is 0 Å². The Morgan fingerprint density at radius 1 is 0.882 bits per heavy atom. The molecule has 1 N–H and O–H groups in total. The van der Waals surface area contributed by atoms with Crippen molar-refractivity contribution in [3.05, 3.63) is 144 Å². The number of benzene rings is 4. The summed E-state index contributed by atoms with van der Waals surface area (Å²) in [6.45, 7) is -2.78. The molecule has 3 unspecified atom stereocenters. The second-order valence-electron chi connectivity index (χ2n) is 12.7. The minimum Gasteiger partial charge on any atom is -0.350 e. The van der Waals surface area contributed by atoms with E-state index in [1.165, 1.54) is 11.0 Å². The van der Waals surface area contributed by atoms with Crippen molar-refractivity contribution in [2.75, 3.05) is 33.8 Å². The average Bonchev–Trinajstić information content (AvgIpc) is 3.61. The van der Waals surface area contributed by atoms with Gasteiger partial charge in [-0.25, -0.2) is 14.7 Å². The maximum absolute atomic E-state index is 13.2. The molecule has 3 heterocycles. The van der Waals surface area contributed by atoms with E-state index >= 15 is 0 Å². The molecular weight excluding hydrogens is 685 g/mol. The Morgan fingerprint density at radius 2 is 1.43 bits per heavy atom. The molecule has 7 rings (SSSR count). The van der Waals surface area contributed by atoms with Gasteiger partial charge in [0.1, 0.15) is 18.4 Å². The lowest BCUT2D eigenvalue weighted by atomic mass is 9.75. The Hall–Kier alpha value is -4.48. The van der Waals surface area contributed by atoms with Crippen LogP contribution in [0.4, 0.5) is 0 Å². The average molecular weight is 724 g/mol. The van der Waals surface area contributed by atoms with Crippen LogP contribution in [0.2, 0.25) is 0 Å². The van der Waals surface area contributed by atoms with Crippen molar-refractivity contribution in [3.8, 4) is 0 Å². The summed E-state index contributed by atoms with van der Waals surface area (Å²) in [7, 11) is 3.24. The third kappa shape index (κ3) is 7.06. The Bertz CT molecular complexity index is 1850. The minimum absolute atomic E-state index is 0.0252. The molecule has 1 saturated heterocycles. The highest BCUT2D eigenvalue weighted by molar-refractivity contribution is 7.83.